The summed E-state index contributed by atoms with van der Waals surface area (Å²) >= 11 is 1.63. The smallest absolute Gasteiger partial charge is 0.313 e. The lowest BCUT2D eigenvalue weighted by molar-refractivity contribution is -0.159. The Hall–Kier alpha value is -0.870. The highest BCUT2D eigenvalue weighted by Gasteiger charge is 2.40. The van der Waals surface area contributed by atoms with Crippen molar-refractivity contribution in [2.24, 2.45) is 5.41 Å². The van der Waals surface area contributed by atoms with Gasteiger partial charge in [-0.05, 0) is 37.3 Å². The van der Waals surface area contributed by atoms with Gasteiger partial charge in [0.1, 0.15) is 6.61 Å². The Morgan fingerprint density at radius 3 is 3.11 bits per heavy atom. The van der Waals surface area contributed by atoms with Gasteiger partial charge in [-0.15, -0.1) is 11.3 Å². The highest BCUT2D eigenvalue weighted by molar-refractivity contribution is 7.09. The minimum absolute atomic E-state index is 0.0232. The second-order valence-electron chi connectivity index (χ2n) is 4.97. The minimum atomic E-state index is -0.287. The van der Waals surface area contributed by atoms with Gasteiger partial charge in [-0.3, -0.25) is 4.79 Å². The first-order valence-electron chi connectivity index (χ1n) is 6.67. The van der Waals surface area contributed by atoms with Crippen molar-refractivity contribution < 1.29 is 9.53 Å². The summed E-state index contributed by atoms with van der Waals surface area (Å²) in [4.78, 5) is 13.5. The number of nitrogens with one attached hydrogen (secondary N) is 1. The molecule has 1 unspecified atom stereocenters. The Balaban J connectivity index is 1.95. The van der Waals surface area contributed by atoms with Crippen LogP contribution in [0.4, 0.5) is 0 Å². The lowest BCUT2D eigenvalue weighted by atomic mass is 9.77. The quantitative estimate of drug-likeness (QED) is 0.834. The van der Waals surface area contributed by atoms with Gasteiger partial charge in [0.25, 0.3) is 0 Å². The van der Waals surface area contributed by atoms with Gasteiger partial charge in [-0.25, -0.2) is 0 Å². The largest absolute Gasteiger partial charge is 0.460 e. The molecule has 3 nitrogen and oxygen atoms in total. The Kier molecular flexibility index (Phi) is 4.78. The van der Waals surface area contributed by atoms with E-state index < -0.39 is 0 Å². The summed E-state index contributed by atoms with van der Waals surface area (Å²) in [7, 11) is 0. The molecule has 1 saturated heterocycles. The van der Waals surface area contributed by atoms with E-state index in [1.165, 1.54) is 0 Å². The van der Waals surface area contributed by atoms with E-state index >= 15 is 0 Å². The summed E-state index contributed by atoms with van der Waals surface area (Å²) in [5.74, 6) is -0.0232. The molecular weight excluding hydrogens is 246 g/mol. The van der Waals surface area contributed by atoms with Gasteiger partial charge in [0.05, 0.1) is 5.41 Å². The van der Waals surface area contributed by atoms with Gasteiger partial charge in [-0.1, -0.05) is 19.4 Å². The number of hydrogen-bond donors (Lipinski definition) is 1. The second kappa shape index (κ2) is 6.34. The van der Waals surface area contributed by atoms with Gasteiger partial charge < -0.3 is 10.1 Å². The standard InChI is InChI=1S/C14H21NO2S/c1-2-6-14(7-4-8-15-11-14)13(16)17-10-12-5-3-9-18-12/h3,5,9,15H,2,4,6-8,10-11H2,1H3. The number of carbonyl (C=O) groups excluding carboxylic acids is 1. The molecule has 0 spiro atoms. The average molecular weight is 267 g/mol. The third-order valence-electron chi connectivity index (χ3n) is 3.56. The molecule has 2 rings (SSSR count). The van der Waals surface area contributed by atoms with Crippen molar-refractivity contribution in [1.29, 1.82) is 0 Å². The van der Waals surface area contributed by atoms with E-state index in [1.54, 1.807) is 11.3 Å². The van der Waals surface area contributed by atoms with Crippen molar-refractivity contribution in [3.63, 3.8) is 0 Å². The highest BCUT2D eigenvalue weighted by atomic mass is 32.1. The van der Waals surface area contributed by atoms with Crippen molar-refractivity contribution in [3.8, 4) is 0 Å². The molecule has 0 amide bonds. The van der Waals surface area contributed by atoms with Crippen molar-refractivity contribution in [2.75, 3.05) is 13.1 Å². The van der Waals surface area contributed by atoms with Crippen LogP contribution < -0.4 is 5.32 Å². The van der Waals surface area contributed by atoms with Gasteiger partial charge in [-0.2, -0.15) is 0 Å². The molecule has 1 fully saturated rings. The summed E-state index contributed by atoms with van der Waals surface area (Å²) in [5.41, 5.74) is -0.287. The Labute approximate surface area is 113 Å². The van der Waals surface area contributed by atoms with Crippen molar-refractivity contribution in [2.45, 2.75) is 39.2 Å². The molecule has 4 heteroatoms. The molecule has 0 radical (unpaired) electrons. The summed E-state index contributed by atoms with van der Waals surface area (Å²) in [6, 6.07) is 3.99. The van der Waals surface area contributed by atoms with Crippen LogP contribution in [0.25, 0.3) is 0 Å². The Morgan fingerprint density at radius 2 is 2.50 bits per heavy atom. The molecule has 1 aromatic heterocycles. The van der Waals surface area contributed by atoms with E-state index in [1.807, 2.05) is 17.5 Å². The zero-order valence-electron chi connectivity index (χ0n) is 10.9. The normalized spacial score (nSPS) is 23.8. The van der Waals surface area contributed by atoms with Crippen LogP contribution in [0.2, 0.25) is 0 Å². The van der Waals surface area contributed by atoms with E-state index in [0.29, 0.717) is 6.61 Å². The topological polar surface area (TPSA) is 38.3 Å². The summed E-state index contributed by atoms with van der Waals surface area (Å²) < 4.78 is 5.51. The maximum Gasteiger partial charge on any atom is 0.313 e. The van der Waals surface area contributed by atoms with Crippen LogP contribution in [0, 0.1) is 5.41 Å². The SMILES string of the molecule is CCCC1(C(=O)OCc2cccs2)CCCNC1. The summed E-state index contributed by atoms with van der Waals surface area (Å²) in [5, 5.41) is 5.34. The van der Waals surface area contributed by atoms with Gasteiger partial charge >= 0.3 is 5.97 Å². The number of carbonyl (C=O) groups is 1. The number of thiophene rings is 1. The fourth-order valence-electron chi connectivity index (χ4n) is 2.62. The van der Waals surface area contributed by atoms with E-state index in [4.69, 9.17) is 4.74 Å². The summed E-state index contributed by atoms with van der Waals surface area (Å²) in [6.45, 7) is 4.33. The van der Waals surface area contributed by atoms with Crippen LogP contribution in [0.3, 0.4) is 0 Å². The van der Waals surface area contributed by atoms with Gasteiger partial charge in [0, 0.05) is 11.4 Å². The molecule has 0 aliphatic carbocycles. The van der Waals surface area contributed by atoms with E-state index in [0.717, 1.165) is 43.6 Å². The lowest BCUT2D eigenvalue weighted by Gasteiger charge is -2.35. The van der Waals surface area contributed by atoms with Crippen molar-refractivity contribution >= 4 is 17.3 Å². The first-order valence-corrected chi connectivity index (χ1v) is 7.55. The number of ether oxygens (including phenoxy) is 1. The molecule has 18 heavy (non-hydrogen) atoms. The van der Waals surface area contributed by atoms with Crippen LogP contribution in [0.1, 0.15) is 37.5 Å². The Bertz CT molecular complexity index is 364. The fourth-order valence-corrected chi connectivity index (χ4v) is 3.24. The number of hydrogen-bond acceptors (Lipinski definition) is 4. The highest BCUT2D eigenvalue weighted by Crippen LogP contribution is 2.33. The zero-order chi connectivity index (χ0) is 12.8. The van der Waals surface area contributed by atoms with Gasteiger partial charge in [0.2, 0.25) is 0 Å². The van der Waals surface area contributed by atoms with Crippen LogP contribution in [0.5, 0.6) is 0 Å². The first kappa shape index (κ1) is 13.6. The number of rotatable bonds is 5. The van der Waals surface area contributed by atoms with Crippen LogP contribution in [0.15, 0.2) is 17.5 Å². The molecule has 1 N–H and O–H groups in total. The van der Waals surface area contributed by atoms with E-state index in [9.17, 15) is 4.79 Å². The molecule has 1 aromatic rings. The number of esters is 1. The molecular formula is C14H21NO2S. The van der Waals surface area contributed by atoms with Gasteiger partial charge in [0.15, 0.2) is 0 Å². The summed E-state index contributed by atoms with van der Waals surface area (Å²) in [6.07, 6.45) is 3.96. The maximum absolute atomic E-state index is 12.3. The average Bonchev–Trinajstić information content (AvgIpc) is 2.90. The number of piperidine rings is 1. The molecule has 1 aliphatic heterocycles. The van der Waals surface area contributed by atoms with E-state index in [2.05, 4.69) is 12.2 Å². The molecule has 0 bridgehead atoms. The van der Waals surface area contributed by atoms with Crippen LogP contribution in [-0.2, 0) is 16.1 Å². The molecule has 0 aromatic carbocycles. The fraction of sp³-hybridized carbons (Fsp3) is 0.643. The monoisotopic (exact) mass is 267 g/mol. The van der Waals surface area contributed by atoms with Crippen LogP contribution >= 0.6 is 11.3 Å². The molecule has 100 valence electrons. The second-order valence-corrected chi connectivity index (χ2v) is 6.00. The first-order chi connectivity index (χ1) is 8.77. The van der Waals surface area contributed by atoms with Crippen molar-refractivity contribution in [3.05, 3.63) is 22.4 Å². The van der Waals surface area contributed by atoms with Crippen molar-refractivity contribution in [1.82, 2.24) is 5.32 Å². The zero-order valence-corrected chi connectivity index (χ0v) is 11.7. The lowest BCUT2D eigenvalue weighted by Crippen LogP contribution is -2.46. The Morgan fingerprint density at radius 1 is 1.61 bits per heavy atom. The predicted molar refractivity (Wildman–Crippen MR) is 73.6 cm³/mol. The van der Waals surface area contributed by atoms with Crippen LogP contribution in [-0.4, -0.2) is 19.1 Å². The predicted octanol–water partition coefficient (Wildman–Crippen LogP) is 2.96. The molecule has 1 atom stereocenters. The third-order valence-corrected chi connectivity index (χ3v) is 4.41. The van der Waals surface area contributed by atoms with E-state index in [-0.39, 0.29) is 11.4 Å². The maximum atomic E-state index is 12.3. The third kappa shape index (κ3) is 3.12. The molecule has 2 heterocycles. The molecule has 1 aliphatic rings. The minimum Gasteiger partial charge on any atom is -0.460 e. The molecule has 0 saturated carbocycles.